The minimum atomic E-state index is -0.649. The van der Waals surface area contributed by atoms with Crippen molar-refractivity contribution in [2.45, 2.75) is 26.0 Å². The number of benzene rings is 1. The Labute approximate surface area is 167 Å². The normalized spacial score (nSPS) is 14.7. The van der Waals surface area contributed by atoms with Gasteiger partial charge in [-0.15, -0.1) is 0 Å². The van der Waals surface area contributed by atoms with Gasteiger partial charge in [-0.25, -0.2) is 9.98 Å². The van der Waals surface area contributed by atoms with Gasteiger partial charge in [-0.3, -0.25) is 5.32 Å². The molecule has 2 aromatic rings. The molecule has 0 radical (unpaired) electrons. The van der Waals surface area contributed by atoms with E-state index < -0.39 is 6.04 Å². The van der Waals surface area contributed by atoms with Crippen molar-refractivity contribution in [2.75, 3.05) is 23.9 Å². The van der Waals surface area contributed by atoms with Crippen LogP contribution in [-0.2, 0) is 0 Å². The van der Waals surface area contributed by atoms with Gasteiger partial charge in [-0.05, 0) is 31.5 Å². The lowest BCUT2D eigenvalue weighted by Crippen LogP contribution is -2.32. The minimum Gasteiger partial charge on any atom is -0.493 e. The monoisotopic (exact) mass is 392 g/mol. The lowest BCUT2D eigenvalue weighted by molar-refractivity contribution is 0.230. The third-order valence-electron chi connectivity index (χ3n) is 4.22. The highest BCUT2D eigenvalue weighted by atomic mass is 16.5. The molecule has 0 fully saturated rings. The van der Waals surface area contributed by atoms with Gasteiger partial charge >= 0.3 is 0 Å². The first-order valence-corrected chi connectivity index (χ1v) is 8.73. The summed E-state index contributed by atoms with van der Waals surface area (Å²) >= 11 is 0. The van der Waals surface area contributed by atoms with Crippen LogP contribution in [-0.4, -0.2) is 24.2 Å². The van der Waals surface area contributed by atoms with Crippen LogP contribution in [0.4, 0.5) is 17.3 Å². The number of nitrogens with zero attached hydrogens (tertiary/aromatic N) is 4. The van der Waals surface area contributed by atoms with Crippen molar-refractivity contribution in [3.05, 3.63) is 34.9 Å². The van der Waals surface area contributed by atoms with Crippen molar-refractivity contribution in [3.8, 4) is 23.8 Å². The fourth-order valence-corrected chi connectivity index (χ4v) is 3.03. The van der Waals surface area contributed by atoms with Crippen LogP contribution in [0.5, 0.6) is 11.5 Å². The van der Waals surface area contributed by atoms with Gasteiger partial charge in [-0.1, -0.05) is 6.07 Å². The first-order chi connectivity index (χ1) is 13.9. The summed E-state index contributed by atoms with van der Waals surface area (Å²) in [6.07, 6.45) is 1.79. The molecule has 0 amide bonds. The molecule has 3 rings (SSSR count). The number of fused-ring (bicyclic) bond motifs is 1. The maximum absolute atomic E-state index is 9.40. The molecule has 1 aromatic carbocycles. The molecule has 0 spiro atoms. The number of rotatable bonds is 4. The van der Waals surface area contributed by atoms with E-state index in [4.69, 9.17) is 26.2 Å². The van der Waals surface area contributed by atoms with E-state index in [2.05, 4.69) is 20.6 Å². The average molecular weight is 392 g/mol. The number of aromatic nitrogens is 1. The largest absolute Gasteiger partial charge is 0.493 e. The van der Waals surface area contributed by atoms with Crippen LogP contribution in [0.2, 0.25) is 0 Å². The molecule has 1 aliphatic rings. The number of aliphatic imine (C=N–C) groups is 1. The Kier molecular flexibility index (Phi) is 5.28. The van der Waals surface area contributed by atoms with Gasteiger partial charge in [0.25, 0.3) is 0 Å². The number of hydrogen-bond acceptors (Lipinski definition) is 10. The standard InChI is InChI=1S/C19H20N8O2/c1-9(2)29-12-5-4-10(6-13(12)28-3)16-14-15(22)11(7-20)17(23)26-18(14)27-19(25-16)24-8-21/h4-6,9,16H,1-3H3,(H6,22,23,24,25,26,27). The van der Waals surface area contributed by atoms with E-state index in [-0.39, 0.29) is 29.1 Å². The summed E-state index contributed by atoms with van der Waals surface area (Å²) in [6, 6.07) is 6.68. The molecule has 148 valence electrons. The second-order valence-electron chi connectivity index (χ2n) is 6.48. The summed E-state index contributed by atoms with van der Waals surface area (Å²) in [4.78, 5) is 8.75. The van der Waals surface area contributed by atoms with Crippen molar-refractivity contribution in [1.82, 2.24) is 10.3 Å². The molecule has 1 atom stereocenters. The van der Waals surface area contributed by atoms with Gasteiger partial charge in [0.05, 0.1) is 18.9 Å². The molecule has 1 aliphatic heterocycles. The van der Waals surface area contributed by atoms with E-state index in [1.807, 2.05) is 32.2 Å². The molecule has 1 unspecified atom stereocenters. The molecule has 0 aliphatic carbocycles. The first-order valence-electron chi connectivity index (χ1n) is 8.73. The van der Waals surface area contributed by atoms with Crippen molar-refractivity contribution >= 4 is 23.3 Å². The molecule has 0 saturated carbocycles. The van der Waals surface area contributed by atoms with Crippen LogP contribution in [0, 0.1) is 22.8 Å². The summed E-state index contributed by atoms with van der Waals surface area (Å²) in [6.45, 7) is 3.83. The minimum absolute atomic E-state index is 0.00790. The number of methoxy groups -OCH3 is 1. The van der Waals surface area contributed by atoms with Crippen molar-refractivity contribution in [2.24, 2.45) is 4.99 Å². The van der Waals surface area contributed by atoms with Gasteiger partial charge < -0.3 is 26.3 Å². The van der Waals surface area contributed by atoms with E-state index in [1.54, 1.807) is 19.2 Å². The molecule has 6 N–H and O–H groups in total. The zero-order valence-corrected chi connectivity index (χ0v) is 16.1. The Morgan fingerprint density at radius 1 is 1.24 bits per heavy atom. The third kappa shape index (κ3) is 3.64. The lowest BCUT2D eigenvalue weighted by atomic mass is 9.95. The second kappa shape index (κ2) is 7.82. The van der Waals surface area contributed by atoms with Gasteiger partial charge in [0, 0.05) is 5.56 Å². The highest BCUT2D eigenvalue weighted by molar-refractivity contribution is 5.98. The number of ether oxygens (including phenoxy) is 2. The second-order valence-corrected chi connectivity index (χ2v) is 6.48. The topological polar surface area (TPSA) is 167 Å². The number of nitrogens with two attached hydrogens (primary N) is 2. The van der Waals surface area contributed by atoms with Gasteiger partial charge in [0.1, 0.15) is 29.3 Å². The number of nitrogen functional groups attached to an aromatic ring is 2. The molecule has 2 heterocycles. The average Bonchev–Trinajstić information content (AvgIpc) is 2.67. The molecule has 10 nitrogen and oxygen atoms in total. The third-order valence-corrected chi connectivity index (χ3v) is 4.22. The van der Waals surface area contributed by atoms with Crippen molar-refractivity contribution in [1.29, 1.82) is 10.5 Å². The molecular weight excluding hydrogens is 372 g/mol. The SMILES string of the molecule is COc1cc(C2N=C(NC#N)Nc3nc(N)c(C#N)c(N)c32)ccc1OC(C)C. The summed E-state index contributed by atoms with van der Waals surface area (Å²) in [5.41, 5.74) is 13.5. The number of guanidine groups is 1. The molecule has 29 heavy (non-hydrogen) atoms. The summed E-state index contributed by atoms with van der Waals surface area (Å²) < 4.78 is 11.2. The molecule has 0 bridgehead atoms. The predicted molar refractivity (Wildman–Crippen MR) is 108 cm³/mol. The number of hydrogen-bond donors (Lipinski definition) is 4. The number of pyridine rings is 1. The highest BCUT2D eigenvalue weighted by Gasteiger charge is 2.30. The fourth-order valence-electron chi connectivity index (χ4n) is 3.03. The number of anilines is 3. The Bertz CT molecular complexity index is 1070. The van der Waals surface area contributed by atoms with Gasteiger partial charge in [-0.2, -0.15) is 10.5 Å². The Morgan fingerprint density at radius 2 is 2.00 bits per heavy atom. The first kappa shape index (κ1) is 19.6. The zero-order chi connectivity index (χ0) is 21.1. The Balaban J connectivity index is 2.18. The van der Waals surface area contributed by atoms with E-state index in [1.165, 1.54) is 0 Å². The number of nitrogens with one attached hydrogen (secondary N) is 2. The molecular formula is C19H20N8O2. The number of nitriles is 2. The summed E-state index contributed by atoms with van der Waals surface area (Å²) in [7, 11) is 1.54. The van der Waals surface area contributed by atoms with Crippen molar-refractivity contribution < 1.29 is 9.47 Å². The van der Waals surface area contributed by atoms with E-state index in [0.29, 0.717) is 28.4 Å². The van der Waals surface area contributed by atoms with Crippen molar-refractivity contribution in [3.63, 3.8) is 0 Å². The predicted octanol–water partition coefficient (Wildman–Crippen LogP) is 1.86. The van der Waals surface area contributed by atoms with Gasteiger partial charge in [0.2, 0.25) is 5.96 Å². The summed E-state index contributed by atoms with van der Waals surface area (Å²) in [5, 5.41) is 23.7. The lowest BCUT2D eigenvalue weighted by Gasteiger charge is -2.26. The Hall–Kier alpha value is -4.18. The molecule has 10 heteroatoms. The van der Waals surface area contributed by atoms with Crippen LogP contribution in [0.1, 0.15) is 36.6 Å². The van der Waals surface area contributed by atoms with Crippen LogP contribution in [0.15, 0.2) is 23.2 Å². The van der Waals surface area contributed by atoms with E-state index in [0.717, 1.165) is 0 Å². The summed E-state index contributed by atoms with van der Waals surface area (Å²) in [5.74, 6) is 1.59. The fraction of sp³-hybridized carbons (Fsp3) is 0.263. The van der Waals surface area contributed by atoms with Gasteiger partial charge in [0.15, 0.2) is 17.7 Å². The smallest absolute Gasteiger partial charge is 0.211 e. The van der Waals surface area contributed by atoms with Crippen LogP contribution in [0.25, 0.3) is 0 Å². The maximum Gasteiger partial charge on any atom is 0.211 e. The molecule has 1 aromatic heterocycles. The van der Waals surface area contributed by atoms with Crippen LogP contribution in [0.3, 0.4) is 0 Å². The highest BCUT2D eigenvalue weighted by Crippen LogP contribution is 2.42. The van der Waals surface area contributed by atoms with Crippen LogP contribution >= 0.6 is 0 Å². The molecule has 0 saturated heterocycles. The van der Waals surface area contributed by atoms with E-state index in [9.17, 15) is 5.26 Å². The Morgan fingerprint density at radius 3 is 2.62 bits per heavy atom. The van der Waals surface area contributed by atoms with Crippen LogP contribution < -0.4 is 31.6 Å². The maximum atomic E-state index is 9.40. The quantitative estimate of drug-likeness (QED) is 0.448. The zero-order valence-electron chi connectivity index (χ0n) is 16.1. The van der Waals surface area contributed by atoms with E-state index >= 15 is 0 Å².